The Bertz CT molecular complexity index is 553. The van der Waals surface area contributed by atoms with Gasteiger partial charge in [-0.3, -0.25) is 4.79 Å². The van der Waals surface area contributed by atoms with Crippen LogP contribution in [0, 0.1) is 0 Å². The number of nitrogens with one attached hydrogen (secondary N) is 2. The zero-order valence-corrected chi connectivity index (χ0v) is 11.6. The van der Waals surface area contributed by atoms with Gasteiger partial charge < -0.3 is 15.7 Å². The van der Waals surface area contributed by atoms with Crippen molar-refractivity contribution in [2.24, 2.45) is 0 Å². The van der Waals surface area contributed by atoms with Crippen LogP contribution >= 0.6 is 0 Å². The molecule has 2 amide bonds. The van der Waals surface area contributed by atoms with E-state index < -0.39 is 29.8 Å². The minimum atomic E-state index is -4.39. The Morgan fingerprint density at radius 3 is 2.32 bits per heavy atom. The van der Waals surface area contributed by atoms with Crippen LogP contribution in [-0.4, -0.2) is 30.2 Å². The van der Waals surface area contributed by atoms with Gasteiger partial charge in [0.25, 0.3) is 0 Å². The normalized spacial score (nSPS) is 12.9. The molecule has 0 radical (unpaired) electrons. The highest BCUT2D eigenvalue weighted by Crippen LogP contribution is 2.29. The van der Waals surface area contributed by atoms with Gasteiger partial charge in [0.05, 0.1) is 5.56 Å². The van der Waals surface area contributed by atoms with Crippen LogP contribution in [0.25, 0.3) is 6.08 Å². The number of carbonyl (C=O) groups is 2. The van der Waals surface area contributed by atoms with Crippen LogP contribution in [-0.2, 0) is 11.0 Å². The lowest BCUT2D eigenvalue weighted by Gasteiger charge is -2.12. The Morgan fingerprint density at radius 1 is 1.27 bits per heavy atom. The van der Waals surface area contributed by atoms with Crippen molar-refractivity contribution in [2.45, 2.75) is 18.6 Å². The number of halogens is 3. The molecule has 1 unspecified atom stereocenters. The van der Waals surface area contributed by atoms with E-state index in [1.807, 2.05) is 0 Å². The van der Waals surface area contributed by atoms with E-state index in [0.29, 0.717) is 5.56 Å². The number of likely N-dealkylation sites (N-methyl/N-ethyl adjacent to an activating group) is 1. The van der Waals surface area contributed by atoms with Gasteiger partial charge in [-0.15, -0.1) is 0 Å². The molecule has 0 saturated heterocycles. The van der Waals surface area contributed by atoms with Crippen molar-refractivity contribution >= 4 is 18.1 Å². The van der Waals surface area contributed by atoms with Gasteiger partial charge in [-0.1, -0.05) is 24.3 Å². The molecule has 5 nitrogen and oxygen atoms in total. The third-order valence-corrected chi connectivity index (χ3v) is 2.78. The van der Waals surface area contributed by atoms with Crippen LogP contribution in [0.1, 0.15) is 17.5 Å². The van der Waals surface area contributed by atoms with Crippen molar-refractivity contribution in [1.29, 1.82) is 0 Å². The lowest BCUT2D eigenvalue weighted by Crippen LogP contribution is -2.44. The Morgan fingerprint density at radius 2 is 1.86 bits per heavy atom. The summed E-state index contributed by atoms with van der Waals surface area (Å²) in [5, 5.41) is 13.0. The largest absolute Gasteiger partial charge is 0.465 e. The summed E-state index contributed by atoms with van der Waals surface area (Å²) in [6.45, 7) is 0. The molecule has 0 aromatic heterocycles. The van der Waals surface area contributed by atoms with E-state index in [1.165, 1.54) is 31.3 Å². The first-order chi connectivity index (χ1) is 10.2. The molecule has 0 bridgehead atoms. The molecule has 8 heteroatoms. The van der Waals surface area contributed by atoms with E-state index in [4.69, 9.17) is 5.11 Å². The molecule has 0 saturated carbocycles. The Labute approximate surface area is 124 Å². The quantitative estimate of drug-likeness (QED) is 0.781. The van der Waals surface area contributed by atoms with Crippen molar-refractivity contribution < 1.29 is 27.9 Å². The number of hydrogen-bond donors (Lipinski definition) is 3. The van der Waals surface area contributed by atoms with Crippen molar-refractivity contribution in [3.8, 4) is 0 Å². The van der Waals surface area contributed by atoms with Gasteiger partial charge in [-0.05, 0) is 24.1 Å². The molecule has 0 aliphatic rings. The van der Waals surface area contributed by atoms with Gasteiger partial charge in [0.15, 0.2) is 0 Å². The number of benzene rings is 1. The van der Waals surface area contributed by atoms with Gasteiger partial charge in [-0.2, -0.15) is 13.2 Å². The van der Waals surface area contributed by atoms with E-state index in [1.54, 1.807) is 0 Å². The van der Waals surface area contributed by atoms with Gasteiger partial charge in [-0.25, -0.2) is 4.79 Å². The minimum absolute atomic E-state index is 0.0764. The van der Waals surface area contributed by atoms with Crippen LogP contribution in [0.2, 0.25) is 0 Å². The maximum Gasteiger partial charge on any atom is 0.416 e. The molecule has 0 fully saturated rings. The Hall–Kier alpha value is -2.51. The van der Waals surface area contributed by atoms with E-state index in [0.717, 1.165) is 12.1 Å². The highest BCUT2D eigenvalue weighted by molar-refractivity contribution is 5.85. The van der Waals surface area contributed by atoms with Crippen LogP contribution in [0.4, 0.5) is 18.0 Å². The zero-order valence-electron chi connectivity index (χ0n) is 11.6. The van der Waals surface area contributed by atoms with Crippen molar-refractivity contribution in [1.82, 2.24) is 10.6 Å². The van der Waals surface area contributed by atoms with Crippen molar-refractivity contribution in [2.75, 3.05) is 7.05 Å². The number of hydrogen-bond acceptors (Lipinski definition) is 2. The topological polar surface area (TPSA) is 78.4 Å². The van der Waals surface area contributed by atoms with E-state index >= 15 is 0 Å². The first kappa shape index (κ1) is 17.5. The number of alkyl halides is 3. The molecular formula is C14H15F3N2O3. The molecule has 3 N–H and O–H groups in total. The molecule has 120 valence electrons. The summed E-state index contributed by atoms with van der Waals surface area (Å²) in [4.78, 5) is 22.0. The second-order valence-corrected chi connectivity index (χ2v) is 4.37. The Kier molecular flexibility index (Phi) is 5.97. The SMILES string of the molecule is CNC(=O)C(CC=Cc1ccc(C(F)(F)F)cc1)NC(=O)O. The standard InChI is InChI=1S/C14H15F3N2O3/c1-18-12(20)11(19-13(21)22)4-2-3-9-5-7-10(8-6-9)14(15,16)17/h2-3,5-8,11,19H,4H2,1H3,(H,18,20)(H,21,22). The van der Waals surface area contributed by atoms with Crippen molar-refractivity contribution in [3.05, 3.63) is 41.5 Å². The lowest BCUT2D eigenvalue weighted by atomic mass is 10.1. The maximum atomic E-state index is 12.4. The van der Waals surface area contributed by atoms with Crippen LogP contribution < -0.4 is 10.6 Å². The molecule has 0 heterocycles. The zero-order chi connectivity index (χ0) is 16.8. The monoisotopic (exact) mass is 316 g/mol. The minimum Gasteiger partial charge on any atom is -0.465 e. The molecule has 0 spiro atoms. The van der Waals surface area contributed by atoms with E-state index in [9.17, 15) is 22.8 Å². The summed E-state index contributed by atoms with van der Waals surface area (Å²) in [5.41, 5.74) is -0.237. The summed E-state index contributed by atoms with van der Waals surface area (Å²) in [7, 11) is 1.37. The second-order valence-electron chi connectivity index (χ2n) is 4.37. The maximum absolute atomic E-state index is 12.4. The van der Waals surface area contributed by atoms with Gasteiger partial charge in [0.2, 0.25) is 5.91 Å². The van der Waals surface area contributed by atoms with Gasteiger partial charge >= 0.3 is 12.3 Å². The predicted octanol–water partition coefficient (Wildman–Crippen LogP) is 2.49. The number of carbonyl (C=O) groups excluding carboxylic acids is 1. The molecule has 1 rings (SSSR count). The highest BCUT2D eigenvalue weighted by atomic mass is 19.4. The first-order valence-corrected chi connectivity index (χ1v) is 6.29. The van der Waals surface area contributed by atoms with Gasteiger partial charge in [0.1, 0.15) is 6.04 Å². The van der Waals surface area contributed by atoms with E-state index in [2.05, 4.69) is 10.6 Å². The average Bonchev–Trinajstić information content (AvgIpc) is 2.44. The molecule has 1 atom stereocenters. The lowest BCUT2D eigenvalue weighted by molar-refractivity contribution is -0.137. The van der Waals surface area contributed by atoms with Crippen LogP contribution in [0.15, 0.2) is 30.3 Å². The Balaban J connectivity index is 2.70. The first-order valence-electron chi connectivity index (χ1n) is 6.29. The molecular weight excluding hydrogens is 301 g/mol. The predicted molar refractivity (Wildman–Crippen MR) is 74.1 cm³/mol. The second kappa shape index (κ2) is 7.48. The third kappa shape index (κ3) is 5.47. The smallest absolute Gasteiger partial charge is 0.416 e. The highest BCUT2D eigenvalue weighted by Gasteiger charge is 2.29. The van der Waals surface area contributed by atoms with Crippen molar-refractivity contribution in [3.63, 3.8) is 0 Å². The summed E-state index contributed by atoms with van der Waals surface area (Å²) < 4.78 is 37.2. The van der Waals surface area contributed by atoms with Crippen LogP contribution in [0.3, 0.4) is 0 Å². The fourth-order valence-electron chi connectivity index (χ4n) is 1.68. The number of carboxylic acid groups (broad SMARTS) is 1. The molecule has 0 aliphatic carbocycles. The summed E-state index contributed by atoms with van der Waals surface area (Å²) in [6.07, 6.45) is -2.63. The number of amides is 2. The third-order valence-electron chi connectivity index (χ3n) is 2.78. The molecule has 1 aromatic rings. The van der Waals surface area contributed by atoms with E-state index in [-0.39, 0.29) is 6.42 Å². The molecule has 1 aromatic carbocycles. The summed E-state index contributed by atoms with van der Waals surface area (Å²) in [6, 6.07) is 3.52. The molecule has 22 heavy (non-hydrogen) atoms. The van der Waals surface area contributed by atoms with Crippen LogP contribution in [0.5, 0.6) is 0 Å². The van der Waals surface area contributed by atoms with Gasteiger partial charge in [0, 0.05) is 7.05 Å². The summed E-state index contributed by atoms with van der Waals surface area (Å²) >= 11 is 0. The fourth-order valence-corrected chi connectivity index (χ4v) is 1.68. The summed E-state index contributed by atoms with van der Waals surface area (Å²) in [5.74, 6) is -0.500. The molecule has 0 aliphatic heterocycles. The average molecular weight is 316 g/mol. The fraction of sp³-hybridized carbons (Fsp3) is 0.286. The number of rotatable bonds is 5.